The molecule has 1 aromatic carbocycles. The van der Waals surface area contributed by atoms with Crippen LogP contribution in [0.3, 0.4) is 0 Å². The smallest absolute Gasteiger partial charge is 0.225 e. The second-order valence-corrected chi connectivity index (χ2v) is 4.84. The van der Waals surface area contributed by atoms with Crippen LogP contribution in [0.4, 0.5) is 5.69 Å². The Labute approximate surface area is 110 Å². The zero-order valence-corrected chi connectivity index (χ0v) is 11.6. The summed E-state index contributed by atoms with van der Waals surface area (Å²) < 4.78 is 6.43. The Kier molecular flexibility index (Phi) is 5.44. The van der Waals surface area contributed by atoms with E-state index in [4.69, 9.17) is 10.5 Å². The SMILES string of the molecule is CC(C)Oc1cc(Br)cc(NC(=O)CCN)c1. The van der Waals surface area contributed by atoms with Gasteiger partial charge in [0.25, 0.3) is 0 Å². The zero-order chi connectivity index (χ0) is 12.8. The fraction of sp³-hybridized carbons (Fsp3) is 0.417. The van der Waals surface area contributed by atoms with Crippen LogP contribution in [0.1, 0.15) is 20.3 Å². The summed E-state index contributed by atoms with van der Waals surface area (Å²) in [6.07, 6.45) is 0.407. The summed E-state index contributed by atoms with van der Waals surface area (Å²) in [5, 5.41) is 2.77. The van der Waals surface area contributed by atoms with Crippen LogP contribution in [-0.4, -0.2) is 18.6 Å². The number of anilines is 1. The molecule has 1 rings (SSSR count). The molecule has 1 amide bonds. The lowest BCUT2D eigenvalue weighted by molar-refractivity contribution is -0.116. The van der Waals surface area contributed by atoms with E-state index < -0.39 is 0 Å². The number of nitrogens with two attached hydrogens (primary N) is 1. The Bertz CT molecular complexity index is 394. The molecule has 4 nitrogen and oxygen atoms in total. The maximum atomic E-state index is 11.4. The molecule has 1 aromatic rings. The quantitative estimate of drug-likeness (QED) is 0.878. The minimum absolute atomic E-state index is 0.0943. The number of carbonyl (C=O) groups is 1. The van der Waals surface area contributed by atoms with Gasteiger partial charge in [0.05, 0.1) is 6.10 Å². The first-order valence-electron chi connectivity index (χ1n) is 5.48. The van der Waals surface area contributed by atoms with E-state index in [0.29, 0.717) is 18.7 Å². The minimum atomic E-state index is -0.0962. The highest BCUT2D eigenvalue weighted by molar-refractivity contribution is 9.10. The van der Waals surface area contributed by atoms with Crippen molar-refractivity contribution in [3.8, 4) is 5.75 Å². The predicted molar refractivity (Wildman–Crippen MR) is 72.2 cm³/mol. The fourth-order valence-corrected chi connectivity index (χ4v) is 1.80. The van der Waals surface area contributed by atoms with Gasteiger partial charge in [-0.05, 0) is 26.0 Å². The van der Waals surface area contributed by atoms with E-state index in [2.05, 4.69) is 21.2 Å². The summed E-state index contributed by atoms with van der Waals surface area (Å²) >= 11 is 3.38. The highest BCUT2D eigenvalue weighted by Crippen LogP contribution is 2.25. The van der Waals surface area contributed by atoms with Crippen LogP contribution in [0.2, 0.25) is 0 Å². The van der Waals surface area contributed by atoms with Crippen molar-refractivity contribution in [3.63, 3.8) is 0 Å². The molecule has 0 aliphatic heterocycles. The van der Waals surface area contributed by atoms with Crippen molar-refractivity contribution in [2.45, 2.75) is 26.4 Å². The first kappa shape index (κ1) is 14.0. The molecule has 0 aromatic heterocycles. The van der Waals surface area contributed by atoms with E-state index in [9.17, 15) is 4.79 Å². The number of benzene rings is 1. The minimum Gasteiger partial charge on any atom is -0.491 e. The van der Waals surface area contributed by atoms with Crippen molar-refractivity contribution >= 4 is 27.5 Å². The van der Waals surface area contributed by atoms with Crippen LogP contribution >= 0.6 is 15.9 Å². The van der Waals surface area contributed by atoms with E-state index in [1.165, 1.54) is 0 Å². The van der Waals surface area contributed by atoms with Gasteiger partial charge >= 0.3 is 0 Å². The summed E-state index contributed by atoms with van der Waals surface area (Å²) in [6, 6.07) is 5.47. The van der Waals surface area contributed by atoms with Crippen LogP contribution in [0, 0.1) is 0 Å². The van der Waals surface area contributed by atoms with Gasteiger partial charge in [-0.15, -0.1) is 0 Å². The second kappa shape index (κ2) is 6.61. The molecule has 0 bridgehead atoms. The molecule has 5 heteroatoms. The molecular weight excluding hydrogens is 284 g/mol. The molecule has 0 spiro atoms. The predicted octanol–water partition coefficient (Wildman–Crippen LogP) is 2.52. The van der Waals surface area contributed by atoms with Crippen LogP contribution < -0.4 is 15.8 Å². The number of rotatable bonds is 5. The molecule has 0 unspecified atom stereocenters. The topological polar surface area (TPSA) is 64.3 Å². The van der Waals surface area contributed by atoms with Crippen molar-refractivity contribution in [1.29, 1.82) is 0 Å². The zero-order valence-electron chi connectivity index (χ0n) is 10.00. The monoisotopic (exact) mass is 300 g/mol. The molecule has 17 heavy (non-hydrogen) atoms. The number of nitrogens with one attached hydrogen (secondary N) is 1. The van der Waals surface area contributed by atoms with Crippen LogP contribution in [0.5, 0.6) is 5.75 Å². The maximum Gasteiger partial charge on any atom is 0.225 e. The Morgan fingerprint density at radius 1 is 1.47 bits per heavy atom. The fourth-order valence-electron chi connectivity index (χ4n) is 1.33. The van der Waals surface area contributed by atoms with Gasteiger partial charge in [-0.3, -0.25) is 4.79 Å². The molecule has 0 radical (unpaired) electrons. The van der Waals surface area contributed by atoms with Crippen molar-refractivity contribution in [3.05, 3.63) is 22.7 Å². The largest absolute Gasteiger partial charge is 0.491 e. The molecule has 0 aliphatic rings. The van der Waals surface area contributed by atoms with Crippen molar-refractivity contribution in [2.24, 2.45) is 5.73 Å². The molecule has 0 saturated heterocycles. The third kappa shape index (κ3) is 5.19. The normalized spacial score (nSPS) is 10.4. The Morgan fingerprint density at radius 2 is 2.18 bits per heavy atom. The summed E-state index contributed by atoms with van der Waals surface area (Å²) in [4.78, 5) is 11.4. The summed E-state index contributed by atoms with van der Waals surface area (Å²) in [5.74, 6) is 0.624. The maximum absolute atomic E-state index is 11.4. The van der Waals surface area contributed by atoms with Crippen molar-refractivity contribution in [1.82, 2.24) is 0 Å². The lowest BCUT2D eigenvalue weighted by Crippen LogP contribution is -2.16. The highest BCUT2D eigenvalue weighted by atomic mass is 79.9. The van der Waals surface area contributed by atoms with E-state index in [0.717, 1.165) is 10.2 Å². The third-order valence-corrected chi connectivity index (χ3v) is 2.36. The lowest BCUT2D eigenvalue weighted by atomic mass is 10.3. The number of amides is 1. The molecule has 0 atom stereocenters. The Hall–Kier alpha value is -1.07. The van der Waals surface area contributed by atoms with Gasteiger partial charge in [0.15, 0.2) is 0 Å². The van der Waals surface area contributed by atoms with Gasteiger partial charge in [-0.1, -0.05) is 15.9 Å². The van der Waals surface area contributed by atoms with E-state index in [1.54, 1.807) is 6.07 Å². The Balaban J connectivity index is 2.78. The molecule has 0 aliphatic carbocycles. The van der Waals surface area contributed by atoms with Crippen LogP contribution in [-0.2, 0) is 4.79 Å². The number of ether oxygens (including phenoxy) is 1. The first-order chi connectivity index (χ1) is 8.01. The molecular formula is C12H17BrN2O2. The number of halogens is 1. The van der Waals surface area contributed by atoms with Crippen LogP contribution in [0.15, 0.2) is 22.7 Å². The number of carbonyl (C=O) groups excluding carboxylic acids is 1. The van der Waals surface area contributed by atoms with Crippen molar-refractivity contribution < 1.29 is 9.53 Å². The summed E-state index contributed by atoms with van der Waals surface area (Å²) in [6.45, 7) is 4.25. The molecule has 3 N–H and O–H groups in total. The number of hydrogen-bond acceptors (Lipinski definition) is 3. The van der Waals surface area contributed by atoms with Gasteiger partial charge in [-0.2, -0.15) is 0 Å². The van der Waals surface area contributed by atoms with Crippen LogP contribution in [0.25, 0.3) is 0 Å². The third-order valence-electron chi connectivity index (χ3n) is 1.90. The lowest BCUT2D eigenvalue weighted by Gasteiger charge is -2.12. The van der Waals surface area contributed by atoms with Gasteiger partial charge in [0, 0.05) is 29.2 Å². The van der Waals surface area contributed by atoms with Gasteiger partial charge in [0.1, 0.15) is 5.75 Å². The van der Waals surface area contributed by atoms with E-state index in [-0.39, 0.29) is 12.0 Å². The standard InChI is InChI=1S/C12H17BrN2O2/c1-8(2)17-11-6-9(13)5-10(7-11)15-12(16)3-4-14/h5-8H,3-4,14H2,1-2H3,(H,15,16). The van der Waals surface area contributed by atoms with Crippen molar-refractivity contribution in [2.75, 3.05) is 11.9 Å². The summed E-state index contributed by atoms with van der Waals surface area (Å²) in [7, 11) is 0. The molecule has 0 saturated carbocycles. The molecule has 94 valence electrons. The molecule has 0 heterocycles. The van der Waals surface area contributed by atoms with Gasteiger partial charge in [0.2, 0.25) is 5.91 Å². The summed E-state index contributed by atoms with van der Waals surface area (Å²) in [5.41, 5.74) is 6.02. The second-order valence-electron chi connectivity index (χ2n) is 3.93. The molecule has 0 fully saturated rings. The van der Waals surface area contributed by atoms with E-state index >= 15 is 0 Å². The highest BCUT2D eigenvalue weighted by Gasteiger charge is 2.05. The number of hydrogen-bond donors (Lipinski definition) is 2. The first-order valence-corrected chi connectivity index (χ1v) is 6.27. The van der Waals surface area contributed by atoms with Gasteiger partial charge < -0.3 is 15.8 Å². The van der Waals surface area contributed by atoms with E-state index in [1.807, 2.05) is 26.0 Å². The average Bonchev–Trinajstić information content (AvgIpc) is 2.14. The average molecular weight is 301 g/mol. The van der Waals surface area contributed by atoms with Gasteiger partial charge in [-0.25, -0.2) is 0 Å². The Morgan fingerprint density at radius 3 is 2.76 bits per heavy atom.